The quantitative estimate of drug-likeness (QED) is 0.853. The Kier molecular flexibility index (Phi) is 4.41. The Bertz CT molecular complexity index is 693. The highest BCUT2D eigenvalue weighted by Gasteiger charge is 2.33. The van der Waals surface area contributed by atoms with Crippen molar-refractivity contribution in [3.05, 3.63) is 42.6 Å². The fourth-order valence-corrected chi connectivity index (χ4v) is 2.59. The van der Waals surface area contributed by atoms with Crippen molar-refractivity contribution in [2.24, 2.45) is 0 Å². The normalized spacial score (nSPS) is 15.6. The Morgan fingerprint density at radius 2 is 1.75 bits per heavy atom. The largest absolute Gasteiger partial charge is 0.433 e. The number of hydrogen-bond acceptors (Lipinski definition) is 4. The summed E-state index contributed by atoms with van der Waals surface area (Å²) in [4.78, 5) is 22.8. The number of rotatable bonds is 3. The molecule has 0 N–H and O–H groups in total. The molecule has 24 heavy (non-hydrogen) atoms. The summed E-state index contributed by atoms with van der Waals surface area (Å²) in [5.74, 6) is 0.222. The third kappa shape index (κ3) is 3.66. The van der Waals surface area contributed by atoms with E-state index in [1.54, 1.807) is 14.4 Å². The molecule has 1 amide bonds. The molecule has 2 aromatic rings. The van der Waals surface area contributed by atoms with Crippen LogP contribution in [0.3, 0.4) is 0 Å². The van der Waals surface area contributed by atoms with Crippen molar-refractivity contribution in [2.75, 3.05) is 31.1 Å². The molecule has 0 spiro atoms. The number of anilines is 1. The first kappa shape index (κ1) is 16.3. The van der Waals surface area contributed by atoms with E-state index in [-0.39, 0.29) is 18.3 Å². The Morgan fingerprint density at radius 3 is 2.38 bits per heavy atom. The molecule has 0 unspecified atom stereocenters. The van der Waals surface area contributed by atoms with E-state index < -0.39 is 11.9 Å². The van der Waals surface area contributed by atoms with Gasteiger partial charge in [0.25, 0.3) is 0 Å². The molecule has 3 rings (SSSR count). The lowest BCUT2D eigenvalue weighted by Gasteiger charge is -2.35. The van der Waals surface area contributed by atoms with Gasteiger partial charge >= 0.3 is 6.18 Å². The van der Waals surface area contributed by atoms with E-state index in [4.69, 9.17) is 0 Å². The van der Waals surface area contributed by atoms with Gasteiger partial charge in [0.1, 0.15) is 24.4 Å². The van der Waals surface area contributed by atoms with Crippen LogP contribution >= 0.6 is 0 Å². The summed E-state index contributed by atoms with van der Waals surface area (Å²) >= 11 is 0. The number of amides is 1. The van der Waals surface area contributed by atoms with Crippen LogP contribution in [0, 0.1) is 0 Å². The summed E-state index contributed by atoms with van der Waals surface area (Å²) in [7, 11) is 0. The van der Waals surface area contributed by atoms with Gasteiger partial charge in [0.15, 0.2) is 0 Å². The number of hydrogen-bond donors (Lipinski definition) is 0. The van der Waals surface area contributed by atoms with E-state index >= 15 is 0 Å². The predicted octanol–water partition coefficient (Wildman–Crippen LogP) is 1.65. The Hall–Kier alpha value is -2.58. The molecule has 0 aromatic carbocycles. The highest BCUT2D eigenvalue weighted by atomic mass is 19.4. The Labute approximate surface area is 136 Å². The van der Waals surface area contributed by atoms with Crippen LogP contribution < -0.4 is 4.90 Å². The molecule has 9 heteroatoms. The van der Waals surface area contributed by atoms with Crippen molar-refractivity contribution >= 4 is 11.7 Å². The lowest BCUT2D eigenvalue weighted by molar-refractivity contribution is -0.141. The van der Waals surface area contributed by atoms with Crippen LogP contribution in [-0.2, 0) is 17.5 Å². The van der Waals surface area contributed by atoms with E-state index in [0.29, 0.717) is 26.2 Å². The molecule has 6 nitrogen and oxygen atoms in total. The molecule has 0 bridgehead atoms. The number of halogens is 3. The number of alkyl halides is 3. The minimum Gasteiger partial charge on any atom is -0.353 e. The predicted molar refractivity (Wildman–Crippen MR) is 80.3 cm³/mol. The zero-order valence-electron chi connectivity index (χ0n) is 12.8. The van der Waals surface area contributed by atoms with Gasteiger partial charge in [-0.25, -0.2) is 9.97 Å². The summed E-state index contributed by atoms with van der Waals surface area (Å²) in [6, 6.07) is 4.63. The summed E-state index contributed by atoms with van der Waals surface area (Å²) in [5.41, 5.74) is -0.960. The van der Waals surface area contributed by atoms with Crippen LogP contribution in [0.5, 0.6) is 0 Å². The van der Waals surface area contributed by atoms with Crippen LogP contribution in [0.25, 0.3) is 0 Å². The molecule has 0 saturated carbocycles. The van der Waals surface area contributed by atoms with Gasteiger partial charge in [-0.1, -0.05) is 0 Å². The number of aromatic nitrogens is 3. The van der Waals surface area contributed by atoms with Gasteiger partial charge in [-0.3, -0.25) is 4.79 Å². The number of nitrogens with zero attached hydrogens (tertiary/aromatic N) is 5. The van der Waals surface area contributed by atoms with Crippen LogP contribution in [0.2, 0.25) is 0 Å². The van der Waals surface area contributed by atoms with Gasteiger partial charge < -0.3 is 14.4 Å². The van der Waals surface area contributed by atoms with E-state index in [1.165, 1.54) is 0 Å². The Balaban J connectivity index is 1.60. The maximum atomic E-state index is 12.7. The topological polar surface area (TPSA) is 54.3 Å². The van der Waals surface area contributed by atoms with Gasteiger partial charge in [-0.2, -0.15) is 13.2 Å². The lowest BCUT2D eigenvalue weighted by Crippen LogP contribution is -2.49. The van der Waals surface area contributed by atoms with Gasteiger partial charge in [0, 0.05) is 44.6 Å². The molecule has 0 aliphatic carbocycles. The summed E-state index contributed by atoms with van der Waals surface area (Å²) < 4.78 is 39.9. The van der Waals surface area contributed by atoms with Crippen LogP contribution in [-0.4, -0.2) is 51.5 Å². The smallest absolute Gasteiger partial charge is 0.353 e. The van der Waals surface area contributed by atoms with Gasteiger partial charge in [0.05, 0.1) is 0 Å². The van der Waals surface area contributed by atoms with Crippen LogP contribution in [0.1, 0.15) is 5.69 Å². The second-order valence-corrected chi connectivity index (χ2v) is 5.48. The second kappa shape index (κ2) is 6.50. The fourth-order valence-electron chi connectivity index (χ4n) is 2.59. The van der Waals surface area contributed by atoms with Crippen molar-refractivity contribution < 1.29 is 18.0 Å². The zero-order valence-corrected chi connectivity index (χ0v) is 12.8. The second-order valence-electron chi connectivity index (χ2n) is 5.48. The molecule has 3 heterocycles. The summed E-state index contributed by atoms with van der Waals surface area (Å²) in [6.07, 6.45) is 0.0510. The average Bonchev–Trinajstić information content (AvgIpc) is 3.07. The number of carbonyl (C=O) groups excluding carboxylic acids is 1. The zero-order chi connectivity index (χ0) is 17.2. The molecule has 128 valence electrons. The minimum absolute atomic E-state index is 0.00971. The van der Waals surface area contributed by atoms with Crippen LogP contribution in [0.4, 0.5) is 19.0 Å². The molecule has 1 fully saturated rings. The van der Waals surface area contributed by atoms with E-state index in [2.05, 4.69) is 9.97 Å². The highest BCUT2D eigenvalue weighted by Crippen LogP contribution is 2.29. The molecule has 1 saturated heterocycles. The molecule has 0 radical (unpaired) electrons. The fraction of sp³-hybridized carbons (Fsp3) is 0.400. The molecular weight excluding hydrogens is 323 g/mol. The van der Waals surface area contributed by atoms with Crippen molar-refractivity contribution in [2.45, 2.75) is 12.7 Å². The molecule has 2 aromatic heterocycles. The first-order chi connectivity index (χ1) is 11.4. The van der Waals surface area contributed by atoms with Crippen molar-refractivity contribution in [3.63, 3.8) is 0 Å². The SMILES string of the molecule is O=C(Cn1cccc1)N1CCN(c2cc(C(F)(F)F)ncn2)CC1. The van der Waals surface area contributed by atoms with E-state index in [0.717, 1.165) is 12.4 Å². The minimum atomic E-state index is -4.49. The number of carbonyl (C=O) groups is 1. The third-order valence-corrected chi connectivity index (χ3v) is 3.88. The average molecular weight is 339 g/mol. The monoisotopic (exact) mass is 339 g/mol. The van der Waals surface area contributed by atoms with E-state index in [1.807, 2.05) is 24.5 Å². The van der Waals surface area contributed by atoms with Gasteiger partial charge in [-0.05, 0) is 12.1 Å². The highest BCUT2D eigenvalue weighted by molar-refractivity contribution is 5.76. The van der Waals surface area contributed by atoms with Gasteiger partial charge in [0.2, 0.25) is 5.91 Å². The van der Waals surface area contributed by atoms with Crippen molar-refractivity contribution in [1.29, 1.82) is 0 Å². The number of piperazine rings is 1. The van der Waals surface area contributed by atoms with Crippen LogP contribution in [0.15, 0.2) is 36.9 Å². The third-order valence-electron chi connectivity index (χ3n) is 3.88. The first-order valence-electron chi connectivity index (χ1n) is 7.46. The molecular formula is C15H16F3N5O. The van der Waals surface area contributed by atoms with E-state index in [9.17, 15) is 18.0 Å². The molecule has 1 aliphatic rings. The Morgan fingerprint density at radius 1 is 1.08 bits per heavy atom. The van der Waals surface area contributed by atoms with Crippen molar-refractivity contribution in [1.82, 2.24) is 19.4 Å². The molecule has 0 atom stereocenters. The van der Waals surface area contributed by atoms with Gasteiger partial charge in [-0.15, -0.1) is 0 Å². The summed E-state index contributed by atoms with van der Waals surface area (Å²) in [5, 5.41) is 0. The molecule has 1 aliphatic heterocycles. The maximum absolute atomic E-state index is 12.7. The first-order valence-corrected chi connectivity index (χ1v) is 7.46. The standard InChI is InChI=1S/C15H16F3N5O/c16-15(17,18)12-9-13(20-11-19-12)22-5-7-23(8-6-22)14(24)10-21-3-1-2-4-21/h1-4,9,11H,5-8,10H2. The maximum Gasteiger partial charge on any atom is 0.433 e. The van der Waals surface area contributed by atoms with Crippen molar-refractivity contribution in [3.8, 4) is 0 Å². The lowest BCUT2D eigenvalue weighted by atomic mass is 10.3. The summed E-state index contributed by atoms with van der Waals surface area (Å²) in [6.45, 7) is 2.03.